The van der Waals surface area contributed by atoms with Crippen molar-refractivity contribution in [2.24, 2.45) is 0 Å². The van der Waals surface area contributed by atoms with Crippen molar-refractivity contribution in [1.29, 1.82) is 0 Å². The molecule has 6 heteroatoms. The van der Waals surface area contributed by atoms with Gasteiger partial charge in [-0.2, -0.15) is 0 Å². The molecule has 0 saturated carbocycles. The topological polar surface area (TPSA) is 62.8 Å². The molecule has 1 saturated heterocycles. The van der Waals surface area contributed by atoms with Gasteiger partial charge < -0.3 is 25.0 Å². The fourth-order valence-corrected chi connectivity index (χ4v) is 3.50. The van der Waals surface area contributed by atoms with Gasteiger partial charge in [-0.3, -0.25) is 4.79 Å². The standard InChI is InChI=1S/C24H31N3O3/c1-4-30-22-11-9-18(17-23(22)29-3)10-12-24(28)26-21-8-6-5-7-20(21)25-19-13-15-27(2)16-14-19/h5-12,17,19,25H,4,13-16H2,1-3H3,(H,26,28)/b12-10+. The summed E-state index contributed by atoms with van der Waals surface area (Å²) in [5.41, 5.74) is 2.61. The molecule has 1 aliphatic heterocycles. The first-order valence-electron chi connectivity index (χ1n) is 10.4. The van der Waals surface area contributed by atoms with Crippen LogP contribution in [0.3, 0.4) is 0 Å². The van der Waals surface area contributed by atoms with Crippen molar-refractivity contribution in [1.82, 2.24) is 4.90 Å². The van der Waals surface area contributed by atoms with Crippen molar-refractivity contribution in [3.05, 3.63) is 54.1 Å². The smallest absolute Gasteiger partial charge is 0.248 e. The first kappa shape index (κ1) is 21.7. The monoisotopic (exact) mass is 409 g/mol. The Balaban J connectivity index is 1.63. The highest BCUT2D eigenvalue weighted by atomic mass is 16.5. The number of hydrogen-bond acceptors (Lipinski definition) is 5. The van der Waals surface area contributed by atoms with Crippen LogP contribution in [-0.2, 0) is 4.79 Å². The third-order valence-corrected chi connectivity index (χ3v) is 5.18. The molecule has 1 heterocycles. The summed E-state index contributed by atoms with van der Waals surface area (Å²) >= 11 is 0. The normalized spacial score (nSPS) is 15.2. The molecule has 1 amide bonds. The number of nitrogens with zero attached hydrogens (tertiary/aromatic N) is 1. The molecule has 30 heavy (non-hydrogen) atoms. The van der Waals surface area contributed by atoms with Gasteiger partial charge in [-0.15, -0.1) is 0 Å². The molecule has 0 aromatic heterocycles. The number of nitrogens with one attached hydrogen (secondary N) is 2. The van der Waals surface area contributed by atoms with E-state index in [9.17, 15) is 4.79 Å². The van der Waals surface area contributed by atoms with Crippen molar-refractivity contribution >= 4 is 23.4 Å². The number of hydrogen-bond donors (Lipinski definition) is 2. The molecule has 1 aliphatic rings. The molecule has 160 valence electrons. The number of para-hydroxylation sites is 2. The number of amides is 1. The molecule has 0 bridgehead atoms. The Hall–Kier alpha value is -2.99. The predicted octanol–water partition coefficient (Wildman–Crippen LogP) is 4.25. The van der Waals surface area contributed by atoms with Crippen LogP contribution in [0.25, 0.3) is 6.08 Å². The number of rotatable bonds is 8. The van der Waals surface area contributed by atoms with Crippen molar-refractivity contribution in [2.75, 3.05) is 44.5 Å². The molecule has 1 fully saturated rings. The van der Waals surface area contributed by atoms with E-state index < -0.39 is 0 Å². The zero-order valence-corrected chi connectivity index (χ0v) is 18.0. The Bertz CT molecular complexity index is 874. The minimum Gasteiger partial charge on any atom is -0.493 e. The van der Waals surface area contributed by atoms with Gasteiger partial charge in [-0.25, -0.2) is 0 Å². The summed E-state index contributed by atoms with van der Waals surface area (Å²) < 4.78 is 10.9. The lowest BCUT2D eigenvalue weighted by Gasteiger charge is -2.30. The molecular weight excluding hydrogens is 378 g/mol. The maximum Gasteiger partial charge on any atom is 0.248 e. The zero-order valence-electron chi connectivity index (χ0n) is 18.0. The number of carbonyl (C=O) groups is 1. The minimum absolute atomic E-state index is 0.180. The molecule has 0 radical (unpaired) electrons. The van der Waals surface area contributed by atoms with Gasteiger partial charge in [0.05, 0.1) is 25.1 Å². The molecule has 2 N–H and O–H groups in total. The molecule has 6 nitrogen and oxygen atoms in total. The average Bonchev–Trinajstić information content (AvgIpc) is 2.76. The molecule has 2 aromatic rings. The molecule has 2 aromatic carbocycles. The zero-order chi connectivity index (χ0) is 21.3. The highest BCUT2D eigenvalue weighted by molar-refractivity contribution is 6.03. The maximum absolute atomic E-state index is 12.5. The largest absolute Gasteiger partial charge is 0.493 e. The van der Waals surface area contributed by atoms with Crippen LogP contribution in [0.1, 0.15) is 25.3 Å². The average molecular weight is 410 g/mol. The van der Waals surface area contributed by atoms with Crippen molar-refractivity contribution < 1.29 is 14.3 Å². The molecule has 3 rings (SSSR count). The highest BCUT2D eigenvalue weighted by Crippen LogP contribution is 2.29. The van der Waals surface area contributed by atoms with Crippen LogP contribution in [0, 0.1) is 0 Å². The van der Waals surface area contributed by atoms with Crippen molar-refractivity contribution in [2.45, 2.75) is 25.8 Å². The molecule has 0 spiro atoms. The second-order valence-electron chi connectivity index (χ2n) is 7.43. The van der Waals surface area contributed by atoms with E-state index in [1.54, 1.807) is 13.2 Å². The van der Waals surface area contributed by atoms with Crippen LogP contribution in [0.4, 0.5) is 11.4 Å². The van der Waals surface area contributed by atoms with Gasteiger partial charge in [-0.05, 0) is 75.8 Å². The lowest BCUT2D eigenvalue weighted by molar-refractivity contribution is -0.111. The Morgan fingerprint density at radius 2 is 1.87 bits per heavy atom. The van der Waals surface area contributed by atoms with E-state index in [0.29, 0.717) is 24.1 Å². The summed E-state index contributed by atoms with van der Waals surface area (Å²) in [6.07, 6.45) is 5.48. The van der Waals surface area contributed by atoms with E-state index in [4.69, 9.17) is 9.47 Å². The molecule has 0 atom stereocenters. The Kier molecular flexibility index (Phi) is 7.74. The summed E-state index contributed by atoms with van der Waals surface area (Å²) in [5, 5.41) is 6.57. The van der Waals surface area contributed by atoms with Crippen molar-refractivity contribution in [3.8, 4) is 11.5 Å². The quantitative estimate of drug-likeness (QED) is 0.638. The van der Waals surface area contributed by atoms with Crippen LogP contribution >= 0.6 is 0 Å². The fourth-order valence-electron chi connectivity index (χ4n) is 3.50. The maximum atomic E-state index is 12.5. The molecule has 0 aliphatic carbocycles. The number of methoxy groups -OCH3 is 1. The van der Waals surface area contributed by atoms with Gasteiger partial charge in [0.1, 0.15) is 0 Å². The number of likely N-dealkylation sites (tertiary alicyclic amines) is 1. The van der Waals surface area contributed by atoms with E-state index in [1.807, 2.05) is 49.4 Å². The van der Waals surface area contributed by atoms with Crippen LogP contribution in [0.5, 0.6) is 11.5 Å². The SMILES string of the molecule is CCOc1ccc(/C=C/C(=O)Nc2ccccc2NC2CCN(C)CC2)cc1OC. The van der Waals surface area contributed by atoms with Crippen LogP contribution in [0.15, 0.2) is 48.5 Å². The minimum atomic E-state index is -0.180. The number of anilines is 2. The first-order valence-corrected chi connectivity index (χ1v) is 10.4. The van der Waals surface area contributed by atoms with Gasteiger partial charge in [0.15, 0.2) is 11.5 Å². The summed E-state index contributed by atoms with van der Waals surface area (Å²) in [7, 11) is 3.75. The van der Waals surface area contributed by atoms with Gasteiger partial charge in [0, 0.05) is 12.1 Å². The van der Waals surface area contributed by atoms with Crippen molar-refractivity contribution in [3.63, 3.8) is 0 Å². The summed E-state index contributed by atoms with van der Waals surface area (Å²) in [5.74, 6) is 1.16. The van der Waals surface area contributed by atoms with E-state index >= 15 is 0 Å². The lowest BCUT2D eigenvalue weighted by atomic mass is 10.0. The van der Waals surface area contributed by atoms with Crippen LogP contribution in [0.2, 0.25) is 0 Å². The second-order valence-corrected chi connectivity index (χ2v) is 7.43. The van der Waals surface area contributed by atoms with Gasteiger partial charge in [-0.1, -0.05) is 18.2 Å². The van der Waals surface area contributed by atoms with Crippen LogP contribution in [-0.4, -0.2) is 50.7 Å². The highest BCUT2D eigenvalue weighted by Gasteiger charge is 2.17. The Labute approximate surface area is 178 Å². The lowest BCUT2D eigenvalue weighted by Crippen LogP contribution is -2.36. The summed E-state index contributed by atoms with van der Waals surface area (Å²) in [4.78, 5) is 14.8. The third kappa shape index (κ3) is 6.00. The third-order valence-electron chi connectivity index (χ3n) is 5.18. The van der Waals surface area contributed by atoms with Gasteiger partial charge in [0.2, 0.25) is 5.91 Å². The number of ether oxygens (including phenoxy) is 2. The summed E-state index contributed by atoms with van der Waals surface area (Å²) in [6, 6.07) is 13.9. The Morgan fingerprint density at radius 1 is 1.13 bits per heavy atom. The van der Waals surface area contributed by atoms with Crippen LogP contribution < -0.4 is 20.1 Å². The fraction of sp³-hybridized carbons (Fsp3) is 0.375. The van der Waals surface area contributed by atoms with E-state index in [0.717, 1.165) is 42.9 Å². The Morgan fingerprint density at radius 3 is 2.57 bits per heavy atom. The number of benzene rings is 2. The van der Waals surface area contributed by atoms with E-state index in [-0.39, 0.29) is 5.91 Å². The van der Waals surface area contributed by atoms with E-state index in [1.165, 1.54) is 6.08 Å². The predicted molar refractivity (Wildman–Crippen MR) is 122 cm³/mol. The second kappa shape index (κ2) is 10.7. The van der Waals surface area contributed by atoms with E-state index in [2.05, 4.69) is 22.6 Å². The number of carbonyl (C=O) groups excluding carboxylic acids is 1. The molecular formula is C24H31N3O3. The first-order chi connectivity index (χ1) is 14.6. The number of piperidine rings is 1. The molecule has 0 unspecified atom stereocenters. The van der Waals surface area contributed by atoms with Gasteiger partial charge >= 0.3 is 0 Å². The summed E-state index contributed by atoms with van der Waals surface area (Å²) in [6.45, 7) is 4.66. The van der Waals surface area contributed by atoms with Gasteiger partial charge in [0.25, 0.3) is 0 Å².